The normalized spacial score (nSPS) is 15.1. The number of allylic oxidation sites excluding steroid dienone is 5. The van der Waals surface area contributed by atoms with Crippen LogP contribution in [0.5, 0.6) is 0 Å². The van der Waals surface area contributed by atoms with Gasteiger partial charge in [-0.15, -0.1) is 0 Å². The van der Waals surface area contributed by atoms with Crippen LogP contribution in [0, 0.1) is 0 Å². The van der Waals surface area contributed by atoms with Crippen molar-refractivity contribution in [3.05, 3.63) is 428 Å². The average molecular weight is 1630 g/mol. The van der Waals surface area contributed by atoms with Gasteiger partial charge in [0, 0.05) is 104 Å². The van der Waals surface area contributed by atoms with Crippen molar-refractivity contribution in [1.82, 2.24) is 32.8 Å². The average Bonchev–Trinajstić information content (AvgIpc) is 1.57. The van der Waals surface area contributed by atoms with Crippen molar-refractivity contribution in [1.29, 1.82) is 0 Å². The first-order valence-electron chi connectivity index (χ1n) is 44.4. The number of hydrogen-bond donors (Lipinski definition) is 0. The topological polar surface area (TPSA) is 50.4 Å². The molecule has 3 aliphatic rings. The zero-order valence-corrected chi connectivity index (χ0v) is 71.4. The van der Waals surface area contributed by atoms with E-state index in [-0.39, 0.29) is 16.2 Å². The van der Waals surface area contributed by atoms with Crippen LogP contribution in [-0.4, -0.2) is 32.8 Å². The predicted molar refractivity (Wildman–Crippen MR) is 532 cm³/mol. The fourth-order valence-corrected chi connectivity index (χ4v) is 22.5. The van der Waals surface area contributed by atoms with Crippen LogP contribution in [0.2, 0.25) is 0 Å². The molecule has 26 rings (SSSR count). The standard InChI is InChI=1S/C120H85N7/c1-72-62-81(29-24-27-73-26-8-16-38-100(73)118(72,2)3)123-106-42-20-12-33-89(106)94-65-75(46-56-110(94)123)78-49-59-113-98(68-78)99-69-79(76-48-58-112-96(66-76)91-35-14-22-44-108(91)126(112)84-53-55-88-86-32-10-18-40-102(86)120(6,7)104(88)71-84)50-60-114(99)124(113)82-30-25-28-80(63-82)116-121-105-41-19-11-37-93(105)117(122-116)127-109-45-23-15-36-92(109)97-67-77(51-61-115(97)127)74-47-57-111-95(64-74)90-34-13-21-43-107(90)125(111)83-52-54-87-85-31-9-17-39-101(85)119(4,5)103(87)70-83/h8-26,28-71H,1,27H2,2-7H3/b29-24-,81-62+. The first kappa shape index (κ1) is 72.9. The highest BCUT2D eigenvalue weighted by Crippen LogP contribution is 2.53. The molecule has 17 aromatic carbocycles. The fraction of sp³-hybridized carbons (Fsp3) is 0.0833. The molecule has 3 aliphatic carbocycles. The summed E-state index contributed by atoms with van der Waals surface area (Å²) in [5, 5.41) is 12.9. The van der Waals surface area contributed by atoms with Gasteiger partial charge in [0.25, 0.3) is 0 Å². The molecule has 0 N–H and O–H groups in total. The molecule has 7 heteroatoms. The quantitative estimate of drug-likeness (QED) is 0.145. The molecule has 23 aromatic rings. The van der Waals surface area contributed by atoms with Crippen molar-refractivity contribution in [3.63, 3.8) is 0 Å². The van der Waals surface area contributed by atoms with Gasteiger partial charge in [0.1, 0.15) is 5.82 Å². The Kier molecular flexibility index (Phi) is 15.4. The van der Waals surface area contributed by atoms with Crippen molar-refractivity contribution >= 4 is 126 Å². The third-order valence-corrected chi connectivity index (χ3v) is 29.0. The highest BCUT2D eigenvalue weighted by atomic mass is 15.1. The van der Waals surface area contributed by atoms with E-state index in [4.69, 9.17) is 16.5 Å². The summed E-state index contributed by atoms with van der Waals surface area (Å²) in [6.07, 6.45) is 7.76. The van der Waals surface area contributed by atoms with Crippen LogP contribution in [0.1, 0.15) is 74.9 Å². The molecule has 0 amide bonds. The molecule has 0 radical (unpaired) electrons. The minimum Gasteiger partial charge on any atom is -0.309 e. The summed E-state index contributed by atoms with van der Waals surface area (Å²) in [5.74, 6) is 1.46. The minimum absolute atomic E-state index is 0.118. The third kappa shape index (κ3) is 10.7. The molecule has 0 saturated heterocycles. The number of aromatic nitrogens is 7. The number of hydrogen-bond acceptors (Lipinski definition) is 2. The lowest BCUT2D eigenvalue weighted by Crippen LogP contribution is -2.20. The number of nitrogens with zero attached hydrogens (tertiary/aromatic N) is 7. The monoisotopic (exact) mass is 1620 g/mol. The molecule has 0 spiro atoms. The number of benzene rings is 17. The predicted octanol–water partition coefficient (Wildman–Crippen LogP) is 30.9. The van der Waals surface area contributed by atoms with Gasteiger partial charge in [0.15, 0.2) is 5.82 Å². The molecule has 0 aliphatic heterocycles. The van der Waals surface area contributed by atoms with E-state index in [1.54, 1.807) is 0 Å². The second-order valence-corrected chi connectivity index (χ2v) is 36.9. The van der Waals surface area contributed by atoms with Crippen LogP contribution < -0.4 is 0 Å². The second kappa shape index (κ2) is 26.9. The highest BCUT2D eigenvalue weighted by molar-refractivity contribution is 6.17. The highest BCUT2D eigenvalue weighted by Gasteiger charge is 2.38. The van der Waals surface area contributed by atoms with Gasteiger partial charge < -0.3 is 18.3 Å². The van der Waals surface area contributed by atoms with Gasteiger partial charge in [-0.25, -0.2) is 9.97 Å². The first-order chi connectivity index (χ1) is 62.1. The van der Waals surface area contributed by atoms with E-state index in [1.807, 2.05) is 0 Å². The number of fused-ring (bicyclic) bond motifs is 23. The maximum Gasteiger partial charge on any atom is 0.162 e. The summed E-state index contributed by atoms with van der Waals surface area (Å²) in [7, 11) is 0. The summed E-state index contributed by atoms with van der Waals surface area (Å²) >= 11 is 0. The SMILES string of the molecule is C=C1/C=C(n2c3ccccc3c3cc(-c4ccc5c(c4)c4cc(-c6ccc7c(c6)c6ccccc6n7-c6ccc7c(c6)C(C)(C)c6ccccc6-7)ccc4n5-c4cccc(-c5nc(-n6c7ccccc7c7cc(-c8ccc9c(c8)c8ccccc8n9-c8ccc9c(c8)C(C)(C)c8ccccc8-9)ccc76)c6ccccc6n5)c4)ccc32)\C=C/Cc2ccccc2C1(C)C. The number of para-hydroxylation sites is 5. The van der Waals surface area contributed by atoms with Gasteiger partial charge in [-0.1, -0.05) is 273 Å². The molecule has 0 bridgehead atoms. The summed E-state index contributed by atoms with van der Waals surface area (Å²) in [4.78, 5) is 11.3. The van der Waals surface area contributed by atoms with E-state index in [1.165, 1.54) is 121 Å². The van der Waals surface area contributed by atoms with Crippen LogP contribution in [-0.2, 0) is 22.7 Å². The van der Waals surface area contributed by atoms with Crippen LogP contribution in [0.15, 0.2) is 394 Å². The Bertz CT molecular complexity index is 8870. The summed E-state index contributed by atoms with van der Waals surface area (Å²) < 4.78 is 12.2. The van der Waals surface area contributed by atoms with Crippen LogP contribution in [0.4, 0.5) is 0 Å². The molecule has 0 saturated carbocycles. The molecule has 0 atom stereocenters. The van der Waals surface area contributed by atoms with Crippen molar-refractivity contribution in [2.24, 2.45) is 0 Å². The van der Waals surface area contributed by atoms with Gasteiger partial charge in [0.05, 0.1) is 60.7 Å². The molecule has 0 unspecified atom stereocenters. The summed E-state index contributed by atoms with van der Waals surface area (Å²) in [6, 6.07) is 136. The zero-order chi connectivity index (χ0) is 84.6. The molecule has 600 valence electrons. The summed E-state index contributed by atoms with van der Waals surface area (Å²) in [6.45, 7) is 18.9. The van der Waals surface area contributed by atoms with Crippen molar-refractivity contribution < 1.29 is 0 Å². The number of rotatable bonds is 9. The Labute approximate surface area is 735 Å². The van der Waals surface area contributed by atoms with E-state index in [2.05, 4.69) is 447 Å². The van der Waals surface area contributed by atoms with Gasteiger partial charge in [-0.2, -0.15) is 0 Å². The smallest absolute Gasteiger partial charge is 0.162 e. The fourth-order valence-electron chi connectivity index (χ4n) is 22.5. The van der Waals surface area contributed by atoms with E-state index in [0.717, 1.165) is 134 Å². The minimum atomic E-state index is -0.279. The van der Waals surface area contributed by atoms with Gasteiger partial charge >= 0.3 is 0 Å². The van der Waals surface area contributed by atoms with Gasteiger partial charge in [0.2, 0.25) is 0 Å². The molecule has 127 heavy (non-hydrogen) atoms. The zero-order valence-electron chi connectivity index (χ0n) is 71.4. The molecular weight excluding hydrogens is 1540 g/mol. The van der Waals surface area contributed by atoms with Crippen LogP contribution in [0.3, 0.4) is 0 Å². The first-order valence-corrected chi connectivity index (χ1v) is 44.4. The van der Waals surface area contributed by atoms with Crippen molar-refractivity contribution in [2.75, 3.05) is 0 Å². The molecule has 7 nitrogen and oxygen atoms in total. The van der Waals surface area contributed by atoms with Crippen molar-refractivity contribution in [3.8, 4) is 89.9 Å². The van der Waals surface area contributed by atoms with E-state index in [0.29, 0.717) is 5.82 Å². The van der Waals surface area contributed by atoms with Crippen LogP contribution >= 0.6 is 0 Å². The Morgan fingerprint density at radius 2 is 0.606 bits per heavy atom. The maximum absolute atomic E-state index is 5.77. The largest absolute Gasteiger partial charge is 0.309 e. The second-order valence-electron chi connectivity index (χ2n) is 36.9. The third-order valence-electron chi connectivity index (χ3n) is 29.0. The lowest BCUT2D eigenvalue weighted by Gasteiger charge is -2.28. The van der Waals surface area contributed by atoms with Gasteiger partial charge in [-0.05, 0) is 259 Å². The molecule has 6 heterocycles. The van der Waals surface area contributed by atoms with E-state index >= 15 is 0 Å². The molecule has 0 fully saturated rings. The lowest BCUT2D eigenvalue weighted by molar-refractivity contribution is 0.635. The van der Waals surface area contributed by atoms with E-state index < -0.39 is 0 Å². The molecule has 6 aromatic heterocycles. The Morgan fingerprint density at radius 3 is 1.08 bits per heavy atom. The Hall–Kier alpha value is -15.7. The Balaban J connectivity index is 0.605. The Morgan fingerprint density at radius 1 is 0.252 bits per heavy atom. The van der Waals surface area contributed by atoms with Crippen LogP contribution in [0.25, 0.3) is 216 Å². The van der Waals surface area contributed by atoms with Crippen molar-refractivity contribution in [2.45, 2.75) is 64.2 Å². The lowest BCUT2D eigenvalue weighted by atomic mass is 9.76. The molecular formula is C120H85N7. The van der Waals surface area contributed by atoms with Gasteiger partial charge in [-0.3, -0.25) is 4.57 Å². The summed E-state index contributed by atoms with van der Waals surface area (Å²) in [5.41, 5.74) is 38.4. The van der Waals surface area contributed by atoms with E-state index in [9.17, 15) is 0 Å². The maximum atomic E-state index is 5.77.